The van der Waals surface area contributed by atoms with E-state index in [0.717, 1.165) is 46.6 Å². The third kappa shape index (κ3) is 5.79. The summed E-state index contributed by atoms with van der Waals surface area (Å²) in [7, 11) is 3.91. The number of imidazole rings is 1. The molecular weight excluding hydrogens is 616 g/mol. The molecule has 0 radical (unpaired) electrons. The lowest BCUT2D eigenvalue weighted by Gasteiger charge is -2.21. The topological polar surface area (TPSA) is 118 Å². The molecule has 0 aliphatic carbocycles. The van der Waals surface area contributed by atoms with Crippen LogP contribution in [-0.2, 0) is 26.6 Å². The van der Waals surface area contributed by atoms with Gasteiger partial charge >= 0.3 is 0 Å². The van der Waals surface area contributed by atoms with Gasteiger partial charge in [0.15, 0.2) is 17.4 Å². The molecule has 5 aromatic rings. The fraction of sp³-hybridized carbons (Fsp3) is 0.229. The van der Waals surface area contributed by atoms with Crippen molar-refractivity contribution in [2.75, 3.05) is 29.3 Å². The van der Waals surface area contributed by atoms with Gasteiger partial charge in [0.2, 0.25) is 0 Å². The minimum absolute atomic E-state index is 0.220. The lowest BCUT2D eigenvalue weighted by atomic mass is 9.98. The van der Waals surface area contributed by atoms with Crippen LogP contribution in [0.4, 0.5) is 17.2 Å². The van der Waals surface area contributed by atoms with Crippen LogP contribution in [0, 0.1) is 13.8 Å². The molecule has 2 aliphatic rings. The molecule has 0 atom stereocenters. The Labute approximate surface area is 277 Å². The summed E-state index contributed by atoms with van der Waals surface area (Å²) >= 11 is 6.91. The second-order valence-corrected chi connectivity index (χ2v) is 12.3. The molecule has 11 nitrogen and oxygen atoms in total. The molecule has 0 unspecified atom stereocenters. The predicted molar refractivity (Wildman–Crippen MR) is 181 cm³/mol. The van der Waals surface area contributed by atoms with Crippen LogP contribution < -0.4 is 20.5 Å². The minimum atomic E-state index is -0.375. The average molecular weight is 649 g/mol. The number of carbonyl (C=O) groups is 2. The van der Waals surface area contributed by atoms with E-state index in [9.17, 15) is 9.59 Å². The van der Waals surface area contributed by atoms with E-state index in [1.165, 1.54) is 0 Å². The van der Waals surface area contributed by atoms with Gasteiger partial charge in [-0.1, -0.05) is 35.9 Å². The van der Waals surface area contributed by atoms with E-state index in [0.29, 0.717) is 52.4 Å². The molecule has 238 valence electrons. The number of carbonyl (C=O) groups excluding carboxylic acids is 2. The molecule has 12 heteroatoms. The molecule has 47 heavy (non-hydrogen) atoms. The maximum Gasteiger partial charge on any atom is 0.291 e. The molecule has 3 aromatic heterocycles. The Morgan fingerprint density at radius 3 is 2.49 bits per heavy atom. The monoisotopic (exact) mass is 648 g/mol. The Hall–Kier alpha value is -5.26. The van der Waals surface area contributed by atoms with Gasteiger partial charge in [-0.25, -0.2) is 9.97 Å². The summed E-state index contributed by atoms with van der Waals surface area (Å²) in [4.78, 5) is 48.3. The molecule has 2 aliphatic heterocycles. The quantitative estimate of drug-likeness (QED) is 0.232. The van der Waals surface area contributed by atoms with Crippen LogP contribution in [0.3, 0.4) is 0 Å². The number of aryl methyl sites for hydroxylation is 1. The molecule has 0 saturated carbocycles. The van der Waals surface area contributed by atoms with Crippen LogP contribution in [0.25, 0.3) is 11.1 Å². The number of nitrogens with zero attached hydrogens (tertiary/aromatic N) is 6. The van der Waals surface area contributed by atoms with Gasteiger partial charge in [-0.2, -0.15) is 5.06 Å². The maximum absolute atomic E-state index is 13.4. The van der Waals surface area contributed by atoms with Crippen molar-refractivity contribution >= 4 is 40.6 Å². The highest BCUT2D eigenvalue weighted by molar-refractivity contribution is 6.36. The van der Waals surface area contributed by atoms with E-state index in [1.54, 1.807) is 29.6 Å². The van der Waals surface area contributed by atoms with Crippen molar-refractivity contribution in [3.05, 3.63) is 112 Å². The highest BCUT2D eigenvalue weighted by Gasteiger charge is 2.26. The summed E-state index contributed by atoms with van der Waals surface area (Å²) in [5, 5.41) is 8.01. The number of halogens is 1. The molecule has 2 aromatic carbocycles. The fourth-order valence-corrected chi connectivity index (χ4v) is 6.28. The van der Waals surface area contributed by atoms with Gasteiger partial charge in [-0.05, 0) is 61.9 Å². The number of pyridine rings is 2. The van der Waals surface area contributed by atoms with Crippen molar-refractivity contribution in [2.24, 2.45) is 7.05 Å². The van der Waals surface area contributed by atoms with Gasteiger partial charge < -0.3 is 24.9 Å². The zero-order valence-electron chi connectivity index (χ0n) is 26.5. The molecular formula is C35H33ClN8O3. The number of rotatable bonds is 6. The number of aromatic nitrogens is 4. The van der Waals surface area contributed by atoms with E-state index in [4.69, 9.17) is 16.4 Å². The number of amides is 2. The molecule has 0 fully saturated rings. The molecule has 0 spiro atoms. The molecule has 5 heterocycles. The Kier molecular flexibility index (Phi) is 7.86. The number of benzene rings is 2. The second kappa shape index (κ2) is 12.2. The summed E-state index contributed by atoms with van der Waals surface area (Å²) in [5.74, 6) is 0.885. The number of hydrogen-bond acceptors (Lipinski definition) is 8. The zero-order valence-corrected chi connectivity index (χ0v) is 27.2. The maximum atomic E-state index is 13.4. The van der Waals surface area contributed by atoms with E-state index in [-0.39, 0.29) is 17.5 Å². The first-order valence-electron chi connectivity index (χ1n) is 15.3. The summed E-state index contributed by atoms with van der Waals surface area (Å²) in [5.41, 5.74) is 7.56. The van der Waals surface area contributed by atoms with Crippen molar-refractivity contribution < 1.29 is 14.4 Å². The summed E-state index contributed by atoms with van der Waals surface area (Å²) in [6, 6.07) is 16.6. The Bertz CT molecular complexity index is 2060. The number of anilines is 3. The number of nitrogens with one attached hydrogen (secondary N) is 2. The van der Waals surface area contributed by atoms with Crippen LogP contribution >= 0.6 is 11.6 Å². The largest absolute Gasteiger partial charge is 0.377 e. The SMILES string of the molecule is Cc1ccnc(N2Cc3cnc(C(=O)Nc4cccc(-c5cccc(NC(=O)c6nc7c(n6C)CCN(C)C7)c5Cl)c4C)cc3O2)c1. The summed E-state index contributed by atoms with van der Waals surface area (Å²) in [6.45, 7) is 6.01. The Balaban J connectivity index is 1.09. The molecule has 0 bridgehead atoms. The van der Waals surface area contributed by atoms with Crippen LogP contribution in [-0.4, -0.2) is 49.8 Å². The molecule has 2 N–H and O–H groups in total. The van der Waals surface area contributed by atoms with E-state index in [1.807, 2.05) is 75.0 Å². The van der Waals surface area contributed by atoms with Crippen molar-refractivity contribution in [2.45, 2.75) is 33.4 Å². The number of hydroxylamine groups is 1. The van der Waals surface area contributed by atoms with Gasteiger partial charge in [0, 0.05) is 67.5 Å². The van der Waals surface area contributed by atoms with Gasteiger partial charge in [0.25, 0.3) is 11.8 Å². The minimum Gasteiger partial charge on any atom is -0.377 e. The summed E-state index contributed by atoms with van der Waals surface area (Å²) in [6.07, 6.45) is 4.23. The standard InChI is InChI=1S/C35H33ClN8O3/c1-20-11-13-37-31(15-20)44-18-22-17-38-27(16-30(22)47-44)34(45)40-25-9-5-7-23(21(25)2)24-8-6-10-26(32(24)36)41-35(46)33-39-28-19-42(3)14-12-29(28)43(33)4/h5-11,13,15-17H,12,14,18-19H2,1-4H3,(H,40,45)(H,41,46). The van der Waals surface area contributed by atoms with Crippen molar-refractivity contribution in [3.8, 4) is 16.9 Å². The Morgan fingerprint density at radius 2 is 1.68 bits per heavy atom. The lowest BCUT2D eigenvalue weighted by molar-refractivity contribution is 0.100. The van der Waals surface area contributed by atoms with Crippen molar-refractivity contribution in [1.29, 1.82) is 0 Å². The van der Waals surface area contributed by atoms with Crippen LogP contribution in [0.5, 0.6) is 5.75 Å². The third-order valence-electron chi connectivity index (χ3n) is 8.62. The average Bonchev–Trinajstić information content (AvgIpc) is 3.63. The second-order valence-electron chi connectivity index (χ2n) is 11.9. The van der Waals surface area contributed by atoms with Gasteiger partial charge in [0.1, 0.15) is 5.69 Å². The zero-order chi connectivity index (χ0) is 32.8. The first kappa shape index (κ1) is 30.4. The van der Waals surface area contributed by atoms with E-state index < -0.39 is 0 Å². The van der Waals surface area contributed by atoms with Gasteiger partial charge in [0.05, 0.1) is 22.9 Å². The number of hydrogen-bond donors (Lipinski definition) is 2. The number of likely N-dealkylation sites (N-methyl/N-ethyl adjacent to an activating group) is 1. The smallest absolute Gasteiger partial charge is 0.291 e. The van der Waals surface area contributed by atoms with Crippen LogP contribution in [0.1, 0.15) is 49.2 Å². The van der Waals surface area contributed by atoms with Gasteiger partial charge in [-0.15, -0.1) is 0 Å². The highest BCUT2D eigenvalue weighted by atomic mass is 35.5. The van der Waals surface area contributed by atoms with E-state index in [2.05, 4.69) is 30.5 Å². The predicted octanol–water partition coefficient (Wildman–Crippen LogP) is 5.95. The van der Waals surface area contributed by atoms with Crippen molar-refractivity contribution in [3.63, 3.8) is 0 Å². The van der Waals surface area contributed by atoms with Crippen LogP contribution in [0.2, 0.25) is 5.02 Å². The van der Waals surface area contributed by atoms with Crippen molar-refractivity contribution in [1.82, 2.24) is 24.4 Å². The number of fused-ring (bicyclic) bond motifs is 2. The molecule has 7 rings (SSSR count). The summed E-state index contributed by atoms with van der Waals surface area (Å²) < 4.78 is 1.87. The van der Waals surface area contributed by atoms with E-state index >= 15 is 0 Å². The van der Waals surface area contributed by atoms with Crippen LogP contribution in [0.15, 0.2) is 67.0 Å². The fourth-order valence-electron chi connectivity index (χ4n) is 6.01. The van der Waals surface area contributed by atoms with Gasteiger partial charge in [-0.3, -0.25) is 14.6 Å². The highest BCUT2D eigenvalue weighted by Crippen LogP contribution is 2.38. The Morgan fingerprint density at radius 1 is 0.915 bits per heavy atom. The lowest BCUT2D eigenvalue weighted by Crippen LogP contribution is -2.27. The third-order valence-corrected chi connectivity index (χ3v) is 9.03. The molecule has 2 amide bonds. The normalized spacial score (nSPS) is 13.9. The first-order chi connectivity index (χ1) is 22.7. The first-order valence-corrected chi connectivity index (χ1v) is 15.7. The molecule has 0 saturated heterocycles.